The molecule has 0 aromatic carbocycles. The van der Waals surface area contributed by atoms with E-state index in [4.69, 9.17) is 4.74 Å². The molecule has 0 aliphatic heterocycles. The van der Waals surface area contributed by atoms with Gasteiger partial charge in [-0.05, 0) is 25.2 Å². The number of hydrogen-bond acceptors (Lipinski definition) is 2. The molecule has 1 rings (SSSR count). The Morgan fingerprint density at radius 1 is 1.50 bits per heavy atom. The molecule has 1 aliphatic rings. The number of carbonyl (C=O) groups excluding carboxylic acids is 1. The smallest absolute Gasteiger partial charge is 0.223 e. The molecule has 16 heavy (non-hydrogen) atoms. The second kappa shape index (κ2) is 6.01. The van der Waals surface area contributed by atoms with E-state index in [9.17, 15) is 4.79 Å². The Kier molecular flexibility index (Phi) is 5.25. The van der Waals surface area contributed by atoms with Gasteiger partial charge in [0.2, 0.25) is 5.91 Å². The maximum absolute atomic E-state index is 11.9. The second-order valence-corrected chi connectivity index (χ2v) is 5.64. The van der Waals surface area contributed by atoms with E-state index in [2.05, 4.69) is 35.1 Å². The van der Waals surface area contributed by atoms with Gasteiger partial charge in [-0.15, -0.1) is 0 Å². The predicted molar refractivity (Wildman–Crippen MR) is 68.8 cm³/mol. The lowest BCUT2D eigenvalue weighted by atomic mass is 9.77. The minimum atomic E-state index is -0.169. The van der Waals surface area contributed by atoms with Gasteiger partial charge in [-0.3, -0.25) is 4.79 Å². The van der Waals surface area contributed by atoms with Gasteiger partial charge in [-0.25, -0.2) is 0 Å². The van der Waals surface area contributed by atoms with Crippen LogP contribution in [0, 0.1) is 5.92 Å². The zero-order valence-electron chi connectivity index (χ0n) is 10.4. The Morgan fingerprint density at radius 3 is 2.44 bits per heavy atom. The first-order valence-electron chi connectivity index (χ1n) is 5.93. The molecule has 0 heterocycles. The van der Waals surface area contributed by atoms with E-state index in [0.29, 0.717) is 12.3 Å². The van der Waals surface area contributed by atoms with Crippen molar-refractivity contribution < 1.29 is 9.53 Å². The van der Waals surface area contributed by atoms with Crippen LogP contribution in [-0.2, 0) is 9.53 Å². The average molecular weight is 292 g/mol. The maximum atomic E-state index is 11.9. The highest BCUT2D eigenvalue weighted by Crippen LogP contribution is 2.37. The molecule has 1 amide bonds. The lowest BCUT2D eigenvalue weighted by Gasteiger charge is -2.40. The molecule has 1 unspecified atom stereocenters. The Labute approximate surface area is 106 Å². The van der Waals surface area contributed by atoms with Crippen LogP contribution in [0.1, 0.15) is 39.5 Å². The molecule has 1 atom stereocenters. The molecule has 0 bridgehead atoms. The van der Waals surface area contributed by atoms with Crippen LogP contribution in [0.3, 0.4) is 0 Å². The highest BCUT2D eigenvalue weighted by atomic mass is 79.9. The summed E-state index contributed by atoms with van der Waals surface area (Å²) in [5.74, 6) is 0.558. The summed E-state index contributed by atoms with van der Waals surface area (Å²) in [5.41, 5.74) is -0.169. The molecule has 4 heteroatoms. The molecule has 1 aliphatic carbocycles. The van der Waals surface area contributed by atoms with Gasteiger partial charge in [0.05, 0.1) is 12.0 Å². The number of amides is 1. The monoisotopic (exact) mass is 291 g/mol. The van der Waals surface area contributed by atoms with Crippen molar-refractivity contribution in [3.05, 3.63) is 0 Å². The fraction of sp³-hybridized carbons (Fsp3) is 0.917. The van der Waals surface area contributed by atoms with E-state index in [1.165, 1.54) is 6.42 Å². The summed E-state index contributed by atoms with van der Waals surface area (Å²) in [7, 11) is 1.71. The fourth-order valence-corrected chi connectivity index (χ4v) is 2.87. The SMILES string of the molecule is COC1(CC(=O)NC(CBr)C(C)C)CCC1. The van der Waals surface area contributed by atoms with E-state index in [-0.39, 0.29) is 17.6 Å². The Morgan fingerprint density at radius 2 is 2.12 bits per heavy atom. The molecule has 0 radical (unpaired) electrons. The summed E-state index contributed by atoms with van der Waals surface area (Å²) in [4.78, 5) is 11.9. The summed E-state index contributed by atoms with van der Waals surface area (Å²) in [6.45, 7) is 4.23. The summed E-state index contributed by atoms with van der Waals surface area (Å²) < 4.78 is 5.45. The molecule has 3 nitrogen and oxygen atoms in total. The zero-order valence-corrected chi connectivity index (χ0v) is 12.0. The Balaban J connectivity index is 2.40. The van der Waals surface area contributed by atoms with Gasteiger partial charge in [0, 0.05) is 18.5 Å². The first-order valence-corrected chi connectivity index (χ1v) is 7.05. The quantitative estimate of drug-likeness (QED) is 0.764. The van der Waals surface area contributed by atoms with Crippen LogP contribution >= 0.6 is 15.9 Å². The number of ether oxygens (including phenoxy) is 1. The van der Waals surface area contributed by atoms with E-state index in [1.807, 2.05) is 0 Å². The summed E-state index contributed by atoms with van der Waals surface area (Å²) >= 11 is 3.43. The molecule has 94 valence electrons. The van der Waals surface area contributed by atoms with Crippen molar-refractivity contribution in [2.24, 2.45) is 5.92 Å². The second-order valence-electron chi connectivity index (χ2n) is 4.99. The molecular formula is C12H22BrNO2. The van der Waals surface area contributed by atoms with Crippen molar-refractivity contribution >= 4 is 21.8 Å². The van der Waals surface area contributed by atoms with Crippen molar-refractivity contribution in [3.8, 4) is 0 Å². The number of carbonyl (C=O) groups is 1. The van der Waals surface area contributed by atoms with Crippen LogP contribution < -0.4 is 5.32 Å². The molecule has 0 spiro atoms. The third kappa shape index (κ3) is 3.45. The lowest BCUT2D eigenvalue weighted by molar-refractivity contribution is -0.135. The topological polar surface area (TPSA) is 38.3 Å². The molecular weight excluding hydrogens is 270 g/mol. The largest absolute Gasteiger partial charge is 0.378 e. The standard InChI is InChI=1S/C12H22BrNO2/c1-9(2)10(8-13)14-11(15)7-12(16-3)5-4-6-12/h9-10H,4-8H2,1-3H3,(H,14,15). The van der Waals surface area contributed by atoms with Gasteiger partial charge in [-0.2, -0.15) is 0 Å². The fourth-order valence-electron chi connectivity index (χ4n) is 1.96. The maximum Gasteiger partial charge on any atom is 0.223 e. The Hall–Kier alpha value is -0.0900. The van der Waals surface area contributed by atoms with Gasteiger partial charge in [0.15, 0.2) is 0 Å². The van der Waals surface area contributed by atoms with Crippen LogP contribution in [0.4, 0.5) is 0 Å². The number of halogens is 1. The van der Waals surface area contributed by atoms with Crippen LogP contribution in [0.2, 0.25) is 0 Å². The van der Waals surface area contributed by atoms with E-state index in [1.54, 1.807) is 7.11 Å². The minimum absolute atomic E-state index is 0.111. The molecule has 1 fully saturated rings. The van der Waals surface area contributed by atoms with Gasteiger partial charge in [0.1, 0.15) is 0 Å². The van der Waals surface area contributed by atoms with Crippen LogP contribution in [-0.4, -0.2) is 30.0 Å². The number of rotatable bonds is 6. The minimum Gasteiger partial charge on any atom is -0.378 e. The van der Waals surface area contributed by atoms with E-state index >= 15 is 0 Å². The van der Waals surface area contributed by atoms with E-state index in [0.717, 1.165) is 18.2 Å². The Bertz CT molecular complexity index is 234. The molecule has 1 N–H and O–H groups in total. The predicted octanol–water partition coefficient (Wildman–Crippen LogP) is 2.48. The highest BCUT2D eigenvalue weighted by Gasteiger charge is 2.39. The third-order valence-corrected chi connectivity index (χ3v) is 4.20. The first-order chi connectivity index (χ1) is 7.53. The van der Waals surface area contributed by atoms with Crippen molar-refractivity contribution in [2.75, 3.05) is 12.4 Å². The van der Waals surface area contributed by atoms with Crippen LogP contribution in [0.25, 0.3) is 0 Å². The highest BCUT2D eigenvalue weighted by molar-refractivity contribution is 9.09. The zero-order chi connectivity index (χ0) is 12.2. The van der Waals surface area contributed by atoms with Crippen molar-refractivity contribution in [1.82, 2.24) is 5.32 Å². The van der Waals surface area contributed by atoms with Gasteiger partial charge in [0.25, 0.3) is 0 Å². The third-order valence-electron chi connectivity index (χ3n) is 3.50. The van der Waals surface area contributed by atoms with Crippen LogP contribution in [0.5, 0.6) is 0 Å². The molecule has 0 aromatic heterocycles. The number of hydrogen-bond donors (Lipinski definition) is 1. The van der Waals surface area contributed by atoms with Crippen molar-refractivity contribution in [3.63, 3.8) is 0 Å². The molecule has 0 aromatic rings. The lowest BCUT2D eigenvalue weighted by Crippen LogP contribution is -2.47. The number of methoxy groups -OCH3 is 1. The summed E-state index contributed by atoms with van der Waals surface area (Å²) in [6.07, 6.45) is 3.70. The average Bonchev–Trinajstić information content (AvgIpc) is 2.19. The van der Waals surface area contributed by atoms with Crippen molar-refractivity contribution in [2.45, 2.75) is 51.2 Å². The molecule has 1 saturated carbocycles. The van der Waals surface area contributed by atoms with Crippen LogP contribution in [0.15, 0.2) is 0 Å². The van der Waals surface area contributed by atoms with Crippen molar-refractivity contribution in [1.29, 1.82) is 0 Å². The number of nitrogens with one attached hydrogen (secondary N) is 1. The summed E-state index contributed by atoms with van der Waals surface area (Å²) in [6, 6.07) is 0.210. The van der Waals surface area contributed by atoms with E-state index < -0.39 is 0 Å². The molecule has 0 saturated heterocycles. The summed E-state index contributed by atoms with van der Waals surface area (Å²) in [5, 5.41) is 3.86. The van der Waals surface area contributed by atoms with Gasteiger partial charge in [-0.1, -0.05) is 29.8 Å². The number of alkyl halides is 1. The van der Waals surface area contributed by atoms with Gasteiger partial charge >= 0.3 is 0 Å². The van der Waals surface area contributed by atoms with Gasteiger partial charge < -0.3 is 10.1 Å². The normalized spacial score (nSPS) is 20.3. The first kappa shape index (κ1) is 14.0.